The zero-order chi connectivity index (χ0) is 14.7. The van der Waals surface area contributed by atoms with Gasteiger partial charge in [-0.05, 0) is 59.1 Å². The quantitative estimate of drug-likeness (QED) is 0.862. The van der Waals surface area contributed by atoms with Gasteiger partial charge in [0.05, 0.1) is 4.47 Å². The number of nitrogens with zero attached hydrogens (tertiary/aromatic N) is 1. The molecule has 0 spiro atoms. The standard InChI is InChI=1S/C17H19BrN2O/c18-16-5-3-4-13(17(16)21)12-19-14-6-8-15(9-7-14)20-10-1-2-11-20/h3-9,19,21H,1-2,10-12H2. The first kappa shape index (κ1) is 14.3. The van der Waals surface area contributed by atoms with Crippen LogP contribution in [0, 0.1) is 0 Å². The molecule has 3 rings (SSSR count). The van der Waals surface area contributed by atoms with E-state index in [9.17, 15) is 5.11 Å². The number of hydrogen-bond acceptors (Lipinski definition) is 3. The van der Waals surface area contributed by atoms with Gasteiger partial charge in [-0.1, -0.05) is 12.1 Å². The lowest BCUT2D eigenvalue weighted by atomic mass is 10.2. The van der Waals surface area contributed by atoms with E-state index in [1.807, 2.05) is 18.2 Å². The highest BCUT2D eigenvalue weighted by atomic mass is 79.9. The molecule has 0 aliphatic carbocycles. The number of aromatic hydroxyl groups is 1. The monoisotopic (exact) mass is 346 g/mol. The van der Waals surface area contributed by atoms with E-state index >= 15 is 0 Å². The number of phenols is 1. The van der Waals surface area contributed by atoms with Crippen molar-refractivity contribution >= 4 is 27.3 Å². The average Bonchev–Trinajstić information content (AvgIpc) is 3.04. The fourth-order valence-corrected chi connectivity index (χ4v) is 3.07. The Kier molecular flexibility index (Phi) is 4.34. The molecule has 2 aromatic carbocycles. The van der Waals surface area contributed by atoms with Gasteiger partial charge in [0.2, 0.25) is 0 Å². The Morgan fingerprint density at radius 2 is 1.76 bits per heavy atom. The lowest BCUT2D eigenvalue weighted by Crippen LogP contribution is -2.17. The van der Waals surface area contributed by atoms with Gasteiger partial charge in [0.25, 0.3) is 0 Å². The van der Waals surface area contributed by atoms with Gasteiger partial charge >= 0.3 is 0 Å². The third-order valence-corrected chi connectivity index (χ3v) is 4.53. The SMILES string of the molecule is Oc1c(Br)cccc1CNc1ccc(N2CCCC2)cc1. The summed E-state index contributed by atoms with van der Waals surface area (Å²) in [7, 11) is 0. The van der Waals surface area contributed by atoms with Crippen LogP contribution in [0.15, 0.2) is 46.9 Å². The molecule has 0 saturated carbocycles. The molecular weight excluding hydrogens is 328 g/mol. The zero-order valence-corrected chi connectivity index (χ0v) is 13.4. The summed E-state index contributed by atoms with van der Waals surface area (Å²) in [5.41, 5.74) is 3.24. The van der Waals surface area contributed by atoms with E-state index in [0.717, 1.165) is 15.7 Å². The van der Waals surface area contributed by atoms with E-state index in [1.54, 1.807) is 0 Å². The third kappa shape index (κ3) is 3.32. The van der Waals surface area contributed by atoms with Gasteiger partial charge < -0.3 is 15.3 Å². The van der Waals surface area contributed by atoms with Crippen LogP contribution in [0.2, 0.25) is 0 Å². The van der Waals surface area contributed by atoms with Gasteiger partial charge in [-0.2, -0.15) is 0 Å². The van der Waals surface area contributed by atoms with E-state index in [1.165, 1.54) is 31.6 Å². The highest BCUT2D eigenvalue weighted by molar-refractivity contribution is 9.10. The number of hydrogen-bond donors (Lipinski definition) is 2. The summed E-state index contributed by atoms with van der Waals surface area (Å²) in [6.07, 6.45) is 2.59. The Hall–Kier alpha value is -1.68. The summed E-state index contributed by atoms with van der Waals surface area (Å²) < 4.78 is 0.728. The molecule has 0 bridgehead atoms. The van der Waals surface area contributed by atoms with Crippen molar-refractivity contribution in [2.45, 2.75) is 19.4 Å². The van der Waals surface area contributed by atoms with Gasteiger partial charge in [0, 0.05) is 36.6 Å². The summed E-state index contributed by atoms with van der Waals surface area (Å²) in [4.78, 5) is 2.42. The molecule has 0 radical (unpaired) electrons. The van der Waals surface area contributed by atoms with Crippen LogP contribution >= 0.6 is 15.9 Å². The predicted molar refractivity (Wildman–Crippen MR) is 91.0 cm³/mol. The largest absolute Gasteiger partial charge is 0.506 e. The molecule has 1 aliphatic heterocycles. The van der Waals surface area contributed by atoms with Gasteiger partial charge in [-0.3, -0.25) is 0 Å². The van der Waals surface area contributed by atoms with E-state index in [-0.39, 0.29) is 0 Å². The fourth-order valence-electron chi connectivity index (χ4n) is 2.67. The second-order valence-electron chi connectivity index (χ2n) is 5.34. The summed E-state index contributed by atoms with van der Waals surface area (Å²) in [5.74, 6) is 0.304. The van der Waals surface area contributed by atoms with E-state index in [4.69, 9.17) is 0 Å². The first-order valence-corrected chi connectivity index (χ1v) is 8.08. The van der Waals surface area contributed by atoms with Crippen molar-refractivity contribution in [2.24, 2.45) is 0 Å². The molecule has 0 atom stereocenters. The number of halogens is 1. The zero-order valence-electron chi connectivity index (χ0n) is 11.8. The number of benzene rings is 2. The van der Waals surface area contributed by atoms with E-state index in [2.05, 4.69) is 50.4 Å². The maximum Gasteiger partial charge on any atom is 0.134 e. The van der Waals surface area contributed by atoms with Crippen LogP contribution in [0.3, 0.4) is 0 Å². The van der Waals surface area contributed by atoms with Crippen molar-refractivity contribution in [2.75, 3.05) is 23.3 Å². The van der Waals surface area contributed by atoms with Crippen LogP contribution in [0.25, 0.3) is 0 Å². The molecule has 0 unspecified atom stereocenters. The normalized spacial score (nSPS) is 14.4. The van der Waals surface area contributed by atoms with E-state index in [0.29, 0.717) is 12.3 Å². The topological polar surface area (TPSA) is 35.5 Å². The van der Waals surface area contributed by atoms with Crippen molar-refractivity contribution in [1.29, 1.82) is 0 Å². The lowest BCUT2D eigenvalue weighted by molar-refractivity contribution is 0.465. The minimum absolute atomic E-state index is 0.304. The molecular formula is C17H19BrN2O. The van der Waals surface area contributed by atoms with Crippen LogP contribution in [0.1, 0.15) is 18.4 Å². The molecule has 1 aliphatic rings. The minimum atomic E-state index is 0.304. The van der Waals surface area contributed by atoms with E-state index < -0.39 is 0 Å². The lowest BCUT2D eigenvalue weighted by Gasteiger charge is -2.18. The van der Waals surface area contributed by atoms with Gasteiger partial charge in [-0.15, -0.1) is 0 Å². The molecule has 1 saturated heterocycles. The Bertz CT molecular complexity index is 607. The maximum absolute atomic E-state index is 9.97. The minimum Gasteiger partial charge on any atom is -0.506 e. The third-order valence-electron chi connectivity index (χ3n) is 3.89. The Balaban J connectivity index is 1.64. The van der Waals surface area contributed by atoms with Crippen LogP contribution in [0.4, 0.5) is 11.4 Å². The Morgan fingerprint density at radius 3 is 2.48 bits per heavy atom. The molecule has 4 heteroatoms. The number of anilines is 2. The summed E-state index contributed by atoms with van der Waals surface area (Å²) in [6, 6.07) is 14.2. The first-order chi connectivity index (χ1) is 10.2. The van der Waals surface area contributed by atoms with Crippen LogP contribution in [-0.2, 0) is 6.54 Å². The first-order valence-electron chi connectivity index (χ1n) is 7.29. The molecule has 2 N–H and O–H groups in total. The van der Waals surface area contributed by atoms with Crippen LogP contribution in [0.5, 0.6) is 5.75 Å². The van der Waals surface area contributed by atoms with Crippen LogP contribution in [-0.4, -0.2) is 18.2 Å². The molecule has 0 amide bonds. The highest BCUT2D eigenvalue weighted by Gasteiger charge is 2.11. The van der Waals surface area contributed by atoms with Crippen LogP contribution < -0.4 is 10.2 Å². The molecule has 0 aromatic heterocycles. The van der Waals surface area contributed by atoms with Crippen molar-refractivity contribution < 1.29 is 5.11 Å². The number of phenolic OH excluding ortho intramolecular Hbond substituents is 1. The summed E-state index contributed by atoms with van der Waals surface area (Å²) in [6.45, 7) is 2.94. The smallest absolute Gasteiger partial charge is 0.134 e. The number of para-hydroxylation sites is 1. The van der Waals surface area contributed by atoms with Gasteiger partial charge in [0.15, 0.2) is 0 Å². The molecule has 21 heavy (non-hydrogen) atoms. The second kappa shape index (κ2) is 6.39. The summed E-state index contributed by atoms with van der Waals surface area (Å²) in [5, 5.41) is 13.3. The number of nitrogens with one attached hydrogen (secondary N) is 1. The number of rotatable bonds is 4. The maximum atomic E-state index is 9.97. The Morgan fingerprint density at radius 1 is 1.05 bits per heavy atom. The average molecular weight is 347 g/mol. The molecule has 1 fully saturated rings. The molecule has 1 heterocycles. The van der Waals surface area contributed by atoms with Crippen molar-refractivity contribution in [3.63, 3.8) is 0 Å². The molecule has 110 valence electrons. The predicted octanol–water partition coefficient (Wildman–Crippen LogP) is 4.37. The highest BCUT2D eigenvalue weighted by Crippen LogP contribution is 2.28. The van der Waals surface area contributed by atoms with Gasteiger partial charge in [0.1, 0.15) is 5.75 Å². The second-order valence-corrected chi connectivity index (χ2v) is 6.20. The molecule has 2 aromatic rings. The molecule has 3 nitrogen and oxygen atoms in total. The fraction of sp³-hybridized carbons (Fsp3) is 0.294. The van der Waals surface area contributed by atoms with Crippen molar-refractivity contribution in [3.05, 3.63) is 52.5 Å². The van der Waals surface area contributed by atoms with Crippen molar-refractivity contribution in [1.82, 2.24) is 0 Å². The van der Waals surface area contributed by atoms with Crippen molar-refractivity contribution in [3.8, 4) is 5.75 Å². The Labute approximate surface area is 133 Å². The summed E-state index contributed by atoms with van der Waals surface area (Å²) >= 11 is 3.34. The van der Waals surface area contributed by atoms with Gasteiger partial charge in [-0.25, -0.2) is 0 Å².